The van der Waals surface area contributed by atoms with Gasteiger partial charge in [-0.2, -0.15) is 0 Å². The molecule has 4 heteroatoms. The van der Waals surface area contributed by atoms with Crippen LogP contribution in [0.25, 0.3) is 0 Å². The predicted octanol–water partition coefficient (Wildman–Crippen LogP) is 1.05. The molecule has 4 nitrogen and oxygen atoms in total. The maximum atomic E-state index is 12.1. The maximum absolute atomic E-state index is 12.1. The Morgan fingerprint density at radius 1 is 1.69 bits per heavy atom. The second kappa shape index (κ2) is 5.64. The van der Waals surface area contributed by atoms with Crippen molar-refractivity contribution >= 4 is 5.91 Å². The van der Waals surface area contributed by atoms with E-state index in [0.29, 0.717) is 13.2 Å². The van der Waals surface area contributed by atoms with Crippen LogP contribution in [0.3, 0.4) is 0 Å². The lowest BCUT2D eigenvalue weighted by Gasteiger charge is -2.27. The van der Waals surface area contributed by atoms with E-state index in [1.807, 2.05) is 13.8 Å². The lowest BCUT2D eigenvalue weighted by atomic mass is 9.84. The van der Waals surface area contributed by atoms with Gasteiger partial charge < -0.3 is 15.8 Å². The Kier molecular flexibility index (Phi) is 4.74. The number of rotatable bonds is 5. The molecule has 3 unspecified atom stereocenters. The third-order valence-electron chi connectivity index (χ3n) is 3.40. The Hall–Kier alpha value is -0.610. The minimum Gasteiger partial charge on any atom is -0.379 e. The summed E-state index contributed by atoms with van der Waals surface area (Å²) >= 11 is 0. The van der Waals surface area contributed by atoms with E-state index in [1.165, 1.54) is 0 Å². The van der Waals surface area contributed by atoms with Crippen LogP contribution in [0.15, 0.2) is 0 Å². The van der Waals surface area contributed by atoms with E-state index in [2.05, 4.69) is 12.2 Å². The van der Waals surface area contributed by atoms with Gasteiger partial charge in [-0.3, -0.25) is 4.79 Å². The summed E-state index contributed by atoms with van der Waals surface area (Å²) in [4.78, 5) is 12.1. The maximum Gasteiger partial charge on any atom is 0.230 e. The average Bonchev–Trinajstić information content (AvgIpc) is 2.57. The fourth-order valence-corrected chi connectivity index (χ4v) is 1.89. The number of amides is 1. The SMILES string of the molecule is CCCCC(C)NC(=O)C1(C)COCC1N. The van der Waals surface area contributed by atoms with Crippen molar-refractivity contribution in [1.82, 2.24) is 5.32 Å². The molecule has 0 aromatic rings. The summed E-state index contributed by atoms with van der Waals surface area (Å²) in [5.41, 5.74) is 5.35. The van der Waals surface area contributed by atoms with Crippen LogP contribution in [-0.4, -0.2) is 31.2 Å². The monoisotopic (exact) mass is 228 g/mol. The van der Waals surface area contributed by atoms with Gasteiger partial charge in [0, 0.05) is 12.1 Å². The molecule has 1 aliphatic heterocycles. The molecule has 0 radical (unpaired) electrons. The smallest absolute Gasteiger partial charge is 0.230 e. The Balaban J connectivity index is 2.45. The molecule has 0 saturated carbocycles. The van der Waals surface area contributed by atoms with Crippen molar-refractivity contribution in [2.45, 2.75) is 52.1 Å². The summed E-state index contributed by atoms with van der Waals surface area (Å²) in [5, 5.41) is 3.03. The number of ether oxygens (including phenoxy) is 1. The van der Waals surface area contributed by atoms with Crippen LogP contribution in [0.2, 0.25) is 0 Å². The molecule has 0 spiro atoms. The first-order valence-electron chi connectivity index (χ1n) is 6.15. The fraction of sp³-hybridized carbons (Fsp3) is 0.917. The van der Waals surface area contributed by atoms with Crippen LogP contribution in [0.4, 0.5) is 0 Å². The van der Waals surface area contributed by atoms with Crippen LogP contribution < -0.4 is 11.1 Å². The molecule has 1 rings (SSSR count). The topological polar surface area (TPSA) is 64.3 Å². The number of unbranched alkanes of at least 4 members (excludes halogenated alkanes) is 1. The molecule has 0 aromatic carbocycles. The first kappa shape index (κ1) is 13.5. The van der Waals surface area contributed by atoms with Crippen molar-refractivity contribution in [2.24, 2.45) is 11.1 Å². The van der Waals surface area contributed by atoms with Gasteiger partial charge in [0.25, 0.3) is 0 Å². The molecule has 0 aromatic heterocycles. The van der Waals surface area contributed by atoms with Gasteiger partial charge in [0.05, 0.1) is 18.6 Å². The van der Waals surface area contributed by atoms with Crippen molar-refractivity contribution < 1.29 is 9.53 Å². The molecule has 3 N–H and O–H groups in total. The third-order valence-corrected chi connectivity index (χ3v) is 3.40. The second-order valence-electron chi connectivity index (χ2n) is 5.06. The van der Waals surface area contributed by atoms with Gasteiger partial charge in [-0.05, 0) is 20.3 Å². The van der Waals surface area contributed by atoms with E-state index in [-0.39, 0.29) is 18.0 Å². The largest absolute Gasteiger partial charge is 0.379 e. The first-order chi connectivity index (χ1) is 7.50. The highest BCUT2D eigenvalue weighted by Crippen LogP contribution is 2.27. The molecule has 0 aliphatic carbocycles. The van der Waals surface area contributed by atoms with E-state index in [9.17, 15) is 4.79 Å². The van der Waals surface area contributed by atoms with Gasteiger partial charge in [-0.1, -0.05) is 19.8 Å². The van der Waals surface area contributed by atoms with Crippen molar-refractivity contribution in [2.75, 3.05) is 13.2 Å². The van der Waals surface area contributed by atoms with Crippen LogP contribution in [0.5, 0.6) is 0 Å². The van der Waals surface area contributed by atoms with Gasteiger partial charge in [-0.25, -0.2) is 0 Å². The highest BCUT2D eigenvalue weighted by molar-refractivity contribution is 5.83. The molecule has 0 bridgehead atoms. The molecular weight excluding hydrogens is 204 g/mol. The summed E-state index contributed by atoms with van der Waals surface area (Å²) < 4.78 is 5.27. The molecule has 16 heavy (non-hydrogen) atoms. The number of carbonyl (C=O) groups is 1. The zero-order valence-corrected chi connectivity index (χ0v) is 10.6. The van der Waals surface area contributed by atoms with Gasteiger partial charge in [0.2, 0.25) is 5.91 Å². The molecule has 1 heterocycles. The van der Waals surface area contributed by atoms with E-state index >= 15 is 0 Å². The number of nitrogens with one attached hydrogen (secondary N) is 1. The fourth-order valence-electron chi connectivity index (χ4n) is 1.89. The van der Waals surface area contributed by atoms with Crippen LogP contribution in [-0.2, 0) is 9.53 Å². The van der Waals surface area contributed by atoms with Crippen molar-refractivity contribution in [1.29, 1.82) is 0 Å². The van der Waals surface area contributed by atoms with E-state index in [0.717, 1.165) is 19.3 Å². The number of carbonyl (C=O) groups excluding carboxylic acids is 1. The van der Waals surface area contributed by atoms with E-state index in [1.54, 1.807) is 0 Å². The minimum absolute atomic E-state index is 0.0288. The van der Waals surface area contributed by atoms with Gasteiger partial charge in [-0.15, -0.1) is 0 Å². The van der Waals surface area contributed by atoms with Crippen molar-refractivity contribution in [3.63, 3.8) is 0 Å². The normalized spacial score (nSPS) is 31.4. The standard InChI is InChI=1S/C12H24N2O2/c1-4-5-6-9(2)14-11(15)12(3)8-16-7-10(12)13/h9-10H,4-8,13H2,1-3H3,(H,14,15). The highest BCUT2D eigenvalue weighted by Gasteiger charge is 2.44. The molecule has 1 amide bonds. The summed E-state index contributed by atoms with van der Waals surface area (Å²) in [7, 11) is 0. The quantitative estimate of drug-likeness (QED) is 0.739. The van der Waals surface area contributed by atoms with Gasteiger partial charge in [0.1, 0.15) is 0 Å². The van der Waals surface area contributed by atoms with E-state index in [4.69, 9.17) is 10.5 Å². The third kappa shape index (κ3) is 2.95. The van der Waals surface area contributed by atoms with Crippen LogP contribution >= 0.6 is 0 Å². The zero-order chi connectivity index (χ0) is 12.2. The number of hydrogen-bond acceptors (Lipinski definition) is 3. The molecule has 1 aliphatic rings. The Morgan fingerprint density at radius 3 is 2.88 bits per heavy atom. The Labute approximate surface area is 97.9 Å². The molecular formula is C12H24N2O2. The molecule has 94 valence electrons. The molecule has 1 saturated heterocycles. The highest BCUT2D eigenvalue weighted by atomic mass is 16.5. The minimum atomic E-state index is -0.555. The predicted molar refractivity (Wildman–Crippen MR) is 64.0 cm³/mol. The summed E-state index contributed by atoms with van der Waals surface area (Å²) in [6, 6.07) is 0.0305. The first-order valence-corrected chi connectivity index (χ1v) is 6.15. The molecule has 1 fully saturated rings. The van der Waals surface area contributed by atoms with E-state index < -0.39 is 5.41 Å². The van der Waals surface area contributed by atoms with Crippen LogP contribution in [0.1, 0.15) is 40.0 Å². The molecule has 3 atom stereocenters. The Bertz CT molecular complexity index is 245. The second-order valence-corrected chi connectivity index (χ2v) is 5.06. The van der Waals surface area contributed by atoms with Crippen molar-refractivity contribution in [3.8, 4) is 0 Å². The summed E-state index contributed by atoms with van der Waals surface area (Å²) in [6.07, 6.45) is 3.31. The van der Waals surface area contributed by atoms with Gasteiger partial charge in [0.15, 0.2) is 0 Å². The number of nitrogens with two attached hydrogens (primary N) is 1. The number of hydrogen-bond donors (Lipinski definition) is 2. The van der Waals surface area contributed by atoms with Crippen LogP contribution in [0, 0.1) is 5.41 Å². The average molecular weight is 228 g/mol. The lowest BCUT2D eigenvalue weighted by molar-refractivity contribution is -0.131. The summed E-state index contributed by atoms with van der Waals surface area (Å²) in [5.74, 6) is 0.0288. The zero-order valence-electron chi connectivity index (χ0n) is 10.6. The van der Waals surface area contributed by atoms with Gasteiger partial charge >= 0.3 is 0 Å². The van der Waals surface area contributed by atoms with Crippen molar-refractivity contribution in [3.05, 3.63) is 0 Å². The summed E-state index contributed by atoms with van der Waals surface area (Å²) in [6.45, 7) is 6.98. The Morgan fingerprint density at radius 2 is 2.38 bits per heavy atom. The lowest BCUT2D eigenvalue weighted by Crippen LogP contribution is -2.51.